The minimum Gasteiger partial charge on any atom is -0.469 e. The molecule has 0 unspecified atom stereocenters. The van der Waals surface area contributed by atoms with Gasteiger partial charge in [-0.3, -0.25) is 4.79 Å². The molecule has 37 heavy (non-hydrogen) atoms. The van der Waals surface area contributed by atoms with Crippen molar-refractivity contribution in [1.29, 1.82) is 0 Å². The Kier molecular flexibility index (Phi) is 8.55. The molecule has 0 aliphatic carbocycles. The van der Waals surface area contributed by atoms with Crippen LogP contribution in [-0.2, 0) is 9.53 Å². The number of hydrogen-bond donors (Lipinski definition) is 0. The molecule has 0 aliphatic heterocycles. The van der Waals surface area contributed by atoms with Crippen molar-refractivity contribution in [3.05, 3.63) is 0 Å². The third-order valence-corrected chi connectivity index (χ3v) is 4.45. The zero-order chi connectivity index (χ0) is 30.7. The normalized spacial score (nSPS) is 16.2. The van der Waals surface area contributed by atoms with Gasteiger partial charge in [0.25, 0.3) is 0 Å². The van der Waals surface area contributed by atoms with Gasteiger partial charge in [0, 0.05) is 6.42 Å². The van der Waals surface area contributed by atoms with Gasteiger partial charge in [-0.1, -0.05) is 0 Å². The summed E-state index contributed by atoms with van der Waals surface area (Å²) in [7, 11) is 0.349. The summed E-state index contributed by atoms with van der Waals surface area (Å²) in [6.45, 7) is 0. The first-order chi connectivity index (χ1) is 15.7. The number of rotatable bonds is 11. The lowest BCUT2D eigenvalue weighted by Crippen LogP contribution is -2.76. The van der Waals surface area contributed by atoms with Gasteiger partial charge < -0.3 is 4.74 Å². The molecule has 0 saturated heterocycles. The van der Waals surface area contributed by atoms with E-state index >= 15 is 0 Å². The molecule has 23 heteroatoms. The summed E-state index contributed by atoms with van der Waals surface area (Å²) in [4.78, 5) is 10.6. The average molecular weight is 606 g/mol. The highest BCUT2D eigenvalue weighted by Crippen LogP contribution is 2.66. The van der Waals surface area contributed by atoms with E-state index in [0.29, 0.717) is 7.11 Å². The Morgan fingerprint density at radius 2 is 0.703 bits per heavy atom. The second-order valence-corrected chi connectivity index (χ2v) is 6.87. The molecule has 222 valence electrons. The molecule has 0 aromatic carbocycles. The predicted molar refractivity (Wildman–Crippen MR) is 71.8 cm³/mol. The van der Waals surface area contributed by atoms with Crippen LogP contribution in [0.2, 0.25) is 0 Å². The van der Waals surface area contributed by atoms with Crippen molar-refractivity contribution in [2.24, 2.45) is 0 Å². The molecule has 0 radical (unpaired) electrons. The summed E-state index contributed by atoms with van der Waals surface area (Å²) < 4.78 is 279. The van der Waals surface area contributed by atoms with Crippen LogP contribution in [0.4, 0.5) is 92.2 Å². The van der Waals surface area contributed by atoms with Gasteiger partial charge in [0.15, 0.2) is 0 Å². The maximum Gasteiger partial charge on any atom is 0.460 e. The van der Waals surface area contributed by atoms with Crippen LogP contribution >= 0.6 is 0 Å². The summed E-state index contributed by atoms with van der Waals surface area (Å²) >= 11 is 0. The Morgan fingerprint density at radius 1 is 0.459 bits per heavy atom. The number of ether oxygens (including phenoxy) is 1. The SMILES string of the molecule is COC(=O)CCC(F)(F)C(F)(F)C(F)(F)C(F)(F)C(F)(F)C(F)(F)C(F)(F)C(F)(F)C(F)(F)C(F)(F)F. The fraction of sp³-hybridized carbons (Fsp3) is 0.929. The monoisotopic (exact) mass is 606 g/mol. The van der Waals surface area contributed by atoms with Crippen LogP contribution in [0.3, 0.4) is 0 Å². The second-order valence-electron chi connectivity index (χ2n) is 6.87. The van der Waals surface area contributed by atoms with Crippen molar-refractivity contribution >= 4 is 5.97 Å². The zero-order valence-corrected chi connectivity index (χ0v) is 16.7. The molecule has 0 rings (SSSR count). The highest BCUT2D eigenvalue weighted by atomic mass is 19.4. The number of carbonyl (C=O) groups excluding carboxylic acids is 1. The largest absolute Gasteiger partial charge is 0.469 e. The highest BCUT2D eigenvalue weighted by Gasteiger charge is 2.97. The molecule has 0 aromatic rings. The molecule has 0 heterocycles. The standard InChI is InChI=1S/C14H7F21O2/c1-37-4(36)2-3-5(15,16)6(17,18)7(19,20)8(21,22)9(23,24)10(25,26)11(27,28)12(29,30)13(31,32)14(33,34)35/h2-3H2,1H3. The number of halogens is 21. The van der Waals surface area contributed by atoms with Crippen molar-refractivity contribution in [3.63, 3.8) is 0 Å². The Balaban J connectivity index is 6.92. The van der Waals surface area contributed by atoms with Gasteiger partial charge in [0.05, 0.1) is 13.5 Å². The molecule has 0 spiro atoms. The average Bonchev–Trinajstić information content (AvgIpc) is 2.69. The van der Waals surface area contributed by atoms with E-state index in [1.807, 2.05) is 0 Å². The van der Waals surface area contributed by atoms with Gasteiger partial charge in [-0.05, 0) is 0 Å². The summed E-state index contributed by atoms with van der Waals surface area (Å²) in [6.07, 6.45) is -13.1. The Hall–Kier alpha value is -2.00. The fourth-order valence-corrected chi connectivity index (χ4v) is 2.11. The molecule has 0 aliphatic rings. The molecule has 2 nitrogen and oxygen atoms in total. The Bertz CT molecular complexity index is 839. The second kappa shape index (κ2) is 9.04. The summed E-state index contributed by atoms with van der Waals surface area (Å²) in [6, 6.07) is 0. The van der Waals surface area contributed by atoms with E-state index in [1.54, 1.807) is 0 Å². The number of carbonyl (C=O) groups is 1. The van der Waals surface area contributed by atoms with Crippen LogP contribution in [0, 0.1) is 0 Å². The molecule has 0 fully saturated rings. The van der Waals surface area contributed by atoms with Crippen molar-refractivity contribution in [2.75, 3.05) is 7.11 Å². The third kappa shape index (κ3) is 4.60. The van der Waals surface area contributed by atoms with Crippen LogP contribution < -0.4 is 0 Å². The van der Waals surface area contributed by atoms with Crippen LogP contribution in [0.15, 0.2) is 0 Å². The summed E-state index contributed by atoms with van der Waals surface area (Å²) in [5.41, 5.74) is 0. The van der Waals surface area contributed by atoms with E-state index < -0.39 is 78.3 Å². The van der Waals surface area contributed by atoms with Crippen molar-refractivity contribution in [3.8, 4) is 0 Å². The third-order valence-electron chi connectivity index (χ3n) is 4.45. The maximum absolute atomic E-state index is 13.5. The van der Waals surface area contributed by atoms with Gasteiger partial charge >= 0.3 is 65.4 Å². The molecular weight excluding hydrogens is 599 g/mol. The predicted octanol–water partition coefficient (Wildman–Crippen LogP) is 7.22. The minimum absolute atomic E-state index is 0.349. The minimum atomic E-state index is -9.21. The van der Waals surface area contributed by atoms with Crippen molar-refractivity contribution < 1.29 is 102 Å². The van der Waals surface area contributed by atoms with Crippen LogP contribution in [0.1, 0.15) is 12.8 Å². The van der Waals surface area contributed by atoms with E-state index in [1.165, 1.54) is 0 Å². The highest BCUT2D eigenvalue weighted by molar-refractivity contribution is 5.69. The van der Waals surface area contributed by atoms with Gasteiger partial charge in [-0.25, -0.2) is 0 Å². The molecule has 0 N–H and O–H groups in total. The van der Waals surface area contributed by atoms with E-state index in [-0.39, 0.29) is 0 Å². The van der Waals surface area contributed by atoms with Crippen LogP contribution in [0.25, 0.3) is 0 Å². The zero-order valence-electron chi connectivity index (χ0n) is 16.7. The molecule has 0 atom stereocenters. The van der Waals surface area contributed by atoms with E-state index in [9.17, 15) is 97.0 Å². The molecule has 0 amide bonds. The quantitative estimate of drug-likeness (QED) is 0.184. The van der Waals surface area contributed by atoms with E-state index in [0.717, 1.165) is 0 Å². The Labute approximate surface area is 188 Å². The number of hydrogen-bond acceptors (Lipinski definition) is 2. The molecular formula is C14H7F21O2. The lowest BCUT2D eigenvalue weighted by atomic mass is 9.85. The van der Waals surface area contributed by atoms with Crippen molar-refractivity contribution in [2.45, 2.75) is 72.3 Å². The van der Waals surface area contributed by atoms with Crippen LogP contribution in [0.5, 0.6) is 0 Å². The number of esters is 1. The van der Waals surface area contributed by atoms with Gasteiger partial charge in [0.2, 0.25) is 0 Å². The topological polar surface area (TPSA) is 26.3 Å². The lowest BCUT2D eigenvalue weighted by molar-refractivity contribution is -0.474. The molecule has 0 saturated carbocycles. The molecule has 0 aromatic heterocycles. The van der Waals surface area contributed by atoms with Gasteiger partial charge in [-0.15, -0.1) is 0 Å². The first-order valence-corrected chi connectivity index (χ1v) is 8.24. The maximum atomic E-state index is 13.5. The molecule has 0 bridgehead atoms. The van der Waals surface area contributed by atoms with Crippen molar-refractivity contribution in [1.82, 2.24) is 0 Å². The smallest absolute Gasteiger partial charge is 0.460 e. The summed E-state index contributed by atoms with van der Waals surface area (Å²) in [5, 5.41) is 0. The number of methoxy groups -OCH3 is 1. The van der Waals surface area contributed by atoms with E-state index in [2.05, 4.69) is 4.74 Å². The van der Waals surface area contributed by atoms with Crippen LogP contribution in [-0.4, -0.2) is 72.6 Å². The lowest BCUT2D eigenvalue weighted by Gasteiger charge is -2.44. The first kappa shape index (κ1) is 35.0. The Morgan fingerprint density at radius 3 is 0.946 bits per heavy atom. The fourth-order valence-electron chi connectivity index (χ4n) is 2.11. The van der Waals surface area contributed by atoms with Gasteiger partial charge in [-0.2, -0.15) is 92.2 Å². The van der Waals surface area contributed by atoms with Gasteiger partial charge in [0.1, 0.15) is 0 Å². The van der Waals surface area contributed by atoms with E-state index in [4.69, 9.17) is 0 Å². The first-order valence-electron chi connectivity index (χ1n) is 8.24. The summed E-state index contributed by atoms with van der Waals surface area (Å²) in [5.74, 6) is -79.4. The number of alkyl halides is 21.